The minimum atomic E-state index is -0.523. The molecule has 2 saturated heterocycles. The lowest BCUT2D eigenvalue weighted by Crippen LogP contribution is -2.41. The van der Waals surface area contributed by atoms with E-state index >= 15 is 0 Å². The van der Waals surface area contributed by atoms with Gasteiger partial charge in [0.2, 0.25) is 0 Å². The summed E-state index contributed by atoms with van der Waals surface area (Å²) in [5.41, 5.74) is -0.178. The third kappa shape index (κ3) is 9.25. The molecule has 4 heterocycles. The van der Waals surface area contributed by atoms with Gasteiger partial charge >= 0.3 is 14.4 Å². The molecule has 1 N–H and O–H groups in total. The van der Waals surface area contributed by atoms with Crippen LogP contribution in [0.25, 0.3) is 0 Å². The number of nitrogens with one attached hydrogen (secondary N) is 1. The van der Waals surface area contributed by atoms with Gasteiger partial charge in [0, 0.05) is 31.2 Å². The van der Waals surface area contributed by atoms with Gasteiger partial charge in [-0.15, -0.1) is 0 Å². The van der Waals surface area contributed by atoms with Crippen molar-refractivity contribution in [1.82, 2.24) is 20.0 Å². The van der Waals surface area contributed by atoms with Gasteiger partial charge in [0.25, 0.3) is 0 Å². The van der Waals surface area contributed by atoms with E-state index in [2.05, 4.69) is 49.9 Å². The minimum Gasteiger partial charge on any atom is -0.398 e. The Hall–Kier alpha value is -1.65. The van der Waals surface area contributed by atoms with E-state index < -0.39 is 7.32 Å². The van der Waals surface area contributed by atoms with Crippen LogP contribution in [0, 0.1) is 0 Å². The van der Waals surface area contributed by atoms with E-state index in [0.717, 1.165) is 18.6 Å². The van der Waals surface area contributed by atoms with Crippen molar-refractivity contribution in [2.45, 2.75) is 132 Å². The topological polar surface area (TPSA) is 92.7 Å². The highest BCUT2D eigenvalue weighted by Crippen LogP contribution is 2.37. The third-order valence-corrected chi connectivity index (χ3v) is 6.70. The molecule has 11 heteroatoms. The SMILES string of the molecule is C.C.CC(C)OB1OC(C)(C)C(C)(C)O1.CCCn1nccc1B1OC(C)(C)C(C)(C)O1.c1cn[nH]c1. The maximum atomic E-state index is 6.01. The van der Waals surface area contributed by atoms with E-state index in [-0.39, 0.29) is 50.5 Å². The summed E-state index contributed by atoms with van der Waals surface area (Å²) in [6.45, 7) is 23.3. The molecular weight excluding hydrogens is 470 g/mol. The van der Waals surface area contributed by atoms with Gasteiger partial charge in [0.1, 0.15) is 0 Å². The van der Waals surface area contributed by atoms with Crippen LogP contribution in [0.2, 0.25) is 0 Å². The van der Waals surface area contributed by atoms with Gasteiger partial charge in [-0.2, -0.15) is 10.2 Å². The normalized spacial score (nSPS) is 20.2. The van der Waals surface area contributed by atoms with Gasteiger partial charge in [-0.1, -0.05) is 21.8 Å². The molecule has 0 unspecified atom stereocenters. The highest BCUT2D eigenvalue weighted by atomic mass is 16.8. The van der Waals surface area contributed by atoms with Crippen LogP contribution in [0.1, 0.15) is 97.4 Å². The standard InChI is InChI=1S/C12H21BN2O2.C9H19BO3.C3H4N2.2CH4/c1-6-9-15-10(7-8-14-15)13-16-11(2,3)12(4,5)17-13;1-7(2)11-10-12-8(3,4)9(5,6)13-10;1-2-4-5-3-1;;/h7-8H,6,9H2,1-5H3;7H,1-6H3;1-3H,(H,4,5);2*1H4. The number of hydrogen-bond donors (Lipinski definition) is 1. The van der Waals surface area contributed by atoms with Crippen molar-refractivity contribution < 1.29 is 23.3 Å². The predicted octanol–water partition coefficient (Wildman–Crippen LogP) is 5.27. The van der Waals surface area contributed by atoms with Gasteiger partial charge in [-0.05, 0) is 87.8 Å². The molecule has 0 spiro atoms. The molecule has 212 valence electrons. The fraction of sp³-hybridized carbons (Fsp3) is 0.769. The van der Waals surface area contributed by atoms with Crippen molar-refractivity contribution in [2.24, 2.45) is 0 Å². The van der Waals surface area contributed by atoms with E-state index in [1.165, 1.54) is 0 Å². The molecule has 0 aliphatic carbocycles. The fourth-order valence-electron chi connectivity index (χ4n) is 3.19. The van der Waals surface area contributed by atoms with Crippen LogP contribution < -0.4 is 5.59 Å². The Bertz CT molecular complexity index is 836. The van der Waals surface area contributed by atoms with Crippen LogP contribution in [-0.2, 0) is 29.8 Å². The summed E-state index contributed by atoms with van der Waals surface area (Å²) < 4.78 is 30.7. The van der Waals surface area contributed by atoms with Crippen LogP contribution in [0.3, 0.4) is 0 Å². The van der Waals surface area contributed by atoms with Crippen molar-refractivity contribution in [1.29, 1.82) is 0 Å². The molecule has 4 rings (SSSR count). The summed E-state index contributed by atoms with van der Waals surface area (Å²) in [5.74, 6) is 0. The van der Waals surface area contributed by atoms with Crippen LogP contribution in [0.5, 0.6) is 0 Å². The Morgan fingerprint density at radius 3 is 1.78 bits per heavy atom. The minimum absolute atomic E-state index is 0. The van der Waals surface area contributed by atoms with Gasteiger partial charge in [0.15, 0.2) is 0 Å². The first-order valence-corrected chi connectivity index (χ1v) is 12.4. The summed E-state index contributed by atoms with van der Waals surface area (Å²) >= 11 is 0. The number of nitrogens with zero attached hydrogens (tertiary/aromatic N) is 3. The van der Waals surface area contributed by atoms with Gasteiger partial charge < -0.3 is 23.3 Å². The third-order valence-electron chi connectivity index (χ3n) is 6.70. The second-order valence-electron chi connectivity index (χ2n) is 11.1. The first-order chi connectivity index (χ1) is 16.1. The largest absolute Gasteiger partial charge is 0.640 e. The lowest BCUT2D eigenvalue weighted by molar-refractivity contribution is 0.00578. The number of aryl methyl sites for hydroxylation is 1. The van der Waals surface area contributed by atoms with Crippen molar-refractivity contribution in [3.63, 3.8) is 0 Å². The number of aromatic nitrogens is 4. The Balaban J connectivity index is 0.000000575. The quantitative estimate of drug-likeness (QED) is 0.535. The zero-order valence-corrected chi connectivity index (χ0v) is 23.4. The van der Waals surface area contributed by atoms with Crippen molar-refractivity contribution >= 4 is 20.0 Å². The van der Waals surface area contributed by atoms with Crippen molar-refractivity contribution in [2.75, 3.05) is 0 Å². The molecule has 2 aliphatic rings. The first-order valence-electron chi connectivity index (χ1n) is 12.4. The monoisotopic (exact) mass is 522 g/mol. The molecule has 2 fully saturated rings. The van der Waals surface area contributed by atoms with E-state index in [1.807, 2.05) is 58.4 Å². The molecule has 9 nitrogen and oxygen atoms in total. The average Bonchev–Trinajstić information content (AvgIpc) is 3.46. The number of aromatic amines is 1. The summed E-state index contributed by atoms with van der Waals surface area (Å²) in [6.07, 6.45) is 6.43. The highest BCUT2D eigenvalue weighted by Gasteiger charge is 2.53. The molecular formula is C26H52B2N4O5. The zero-order valence-electron chi connectivity index (χ0n) is 23.4. The van der Waals surface area contributed by atoms with E-state index in [0.29, 0.717) is 0 Å². The number of H-pyrrole nitrogens is 1. The lowest BCUT2D eigenvalue weighted by Gasteiger charge is -2.32. The van der Waals surface area contributed by atoms with E-state index in [1.54, 1.807) is 18.6 Å². The van der Waals surface area contributed by atoms with Crippen LogP contribution >= 0.6 is 0 Å². The molecule has 2 aliphatic heterocycles. The summed E-state index contributed by atoms with van der Waals surface area (Å²) in [5, 5.41) is 10.5. The molecule has 37 heavy (non-hydrogen) atoms. The molecule has 0 amide bonds. The zero-order chi connectivity index (χ0) is 26.5. The van der Waals surface area contributed by atoms with Crippen molar-refractivity contribution in [3.05, 3.63) is 30.7 Å². The van der Waals surface area contributed by atoms with Gasteiger partial charge in [0.05, 0.1) is 28.0 Å². The van der Waals surface area contributed by atoms with Crippen molar-refractivity contribution in [3.8, 4) is 0 Å². The smallest absolute Gasteiger partial charge is 0.398 e. The maximum Gasteiger partial charge on any atom is 0.640 e. The van der Waals surface area contributed by atoms with Gasteiger partial charge in [-0.3, -0.25) is 9.78 Å². The fourth-order valence-corrected chi connectivity index (χ4v) is 3.19. The molecule has 0 bridgehead atoms. The highest BCUT2D eigenvalue weighted by molar-refractivity contribution is 6.61. The van der Waals surface area contributed by atoms with Crippen LogP contribution in [0.4, 0.5) is 0 Å². The summed E-state index contributed by atoms with van der Waals surface area (Å²) in [4.78, 5) is 0. The maximum absolute atomic E-state index is 6.01. The second-order valence-corrected chi connectivity index (χ2v) is 11.1. The molecule has 2 aromatic heterocycles. The Labute approximate surface area is 226 Å². The lowest BCUT2D eigenvalue weighted by atomic mass is 9.84. The Morgan fingerprint density at radius 1 is 0.892 bits per heavy atom. The molecule has 2 aromatic rings. The summed E-state index contributed by atoms with van der Waals surface area (Å²) in [7, 11) is -0.834. The Kier molecular flexibility index (Phi) is 13.3. The van der Waals surface area contributed by atoms with E-state index in [4.69, 9.17) is 23.3 Å². The van der Waals surface area contributed by atoms with Crippen LogP contribution in [0.15, 0.2) is 30.7 Å². The molecule has 0 radical (unpaired) electrons. The Morgan fingerprint density at radius 2 is 1.41 bits per heavy atom. The summed E-state index contributed by atoms with van der Waals surface area (Å²) in [6, 6.07) is 3.80. The number of rotatable bonds is 5. The van der Waals surface area contributed by atoms with Crippen LogP contribution in [-0.4, -0.2) is 62.9 Å². The predicted molar refractivity (Wildman–Crippen MR) is 153 cm³/mol. The van der Waals surface area contributed by atoms with E-state index in [9.17, 15) is 0 Å². The number of hydrogen-bond acceptors (Lipinski definition) is 7. The molecule has 0 saturated carbocycles. The molecule has 0 atom stereocenters. The first kappa shape index (κ1) is 35.3. The average molecular weight is 522 g/mol. The van der Waals surface area contributed by atoms with Gasteiger partial charge in [-0.25, -0.2) is 0 Å². The molecule has 0 aromatic carbocycles. The second kappa shape index (κ2) is 13.9.